The molecule has 1 aliphatic heterocycles. The molecule has 0 aliphatic carbocycles. The first-order valence-corrected chi connectivity index (χ1v) is 10.6. The lowest BCUT2D eigenvalue weighted by atomic mass is 9.94. The highest BCUT2D eigenvalue weighted by atomic mass is 16.5. The Morgan fingerprint density at radius 1 is 1.00 bits per heavy atom. The number of rotatable bonds is 9. The minimum Gasteiger partial charge on any atom is -0.507 e. The summed E-state index contributed by atoms with van der Waals surface area (Å²) >= 11 is 0. The van der Waals surface area contributed by atoms with Gasteiger partial charge < -0.3 is 29.1 Å². The monoisotopic (exact) mass is 454 g/mol. The number of likely N-dealkylation sites (tertiary alicyclic amines) is 1. The van der Waals surface area contributed by atoms with Crippen molar-refractivity contribution in [1.82, 2.24) is 9.80 Å². The number of methoxy groups -OCH3 is 3. The van der Waals surface area contributed by atoms with Gasteiger partial charge in [0.2, 0.25) is 5.75 Å². The van der Waals surface area contributed by atoms with Crippen molar-refractivity contribution in [3.05, 3.63) is 59.2 Å². The molecule has 1 atom stereocenters. The average Bonchev–Trinajstić information content (AvgIpc) is 3.07. The molecule has 2 aromatic rings. The van der Waals surface area contributed by atoms with Crippen LogP contribution in [-0.2, 0) is 9.59 Å². The molecule has 1 aliphatic rings. The second-order valence-electron chi connectivity index (χ2n) is 7.97. The molecule has 1 saturated heterocycles. The Hall–Kier alpha value is -3.52. The molecule has 1 heterocycles. The molecule has 0 spiro atoms. The fourth-order valence-corrected chi connectivity index (χ4v) is 4.03. The summed E-state index contributed by atoms with van der Waals surface area (Å²) in [5.74, 6) is -0.403. The summed E-state index contributed by atoms with van der Waals surface area (Å²) in [7, 11) is 8.39. The fraction of sp³-hybridized carbons (Fsp3) is 0.360. The van der Waals surface area contributed by atoms with E-state index in [0.717, 1.165) is 6.54 Å². The van der Waals surface area contributed by atoms with Gasteiger partial charge in [0.25, 0.3) is 11.7 Å². The van der Waals surface area contributed by atoms with Gasteiger partial charge >= 0.3 is 0 Å². The molecule has 0 saturated carbocycles. The minimum absolute atomic E-state index is 0.0327. The third-order valence-corrected chi connectivity index (χ3v) is 5.59. The summed E-state index contributed by atoms with van der Waals surface area (Å²) in [4.78, 5) is 29.7. The Bertz CT molecular complexity index is 1020. The molecule has 176 valence electrons. The lowest BCUT2D eigenvalue weighted by molar-refractivity contribution is -0.139. The van der Waals surface area contributed by atoms with Gasteiger partial charge in [0, 0.05) is 12.1 Å². The van der Waals surface area contributed by atoms with Gasteiger partial charge in [-0.15, -0.1) is 0 Å². The highest BCUT2D eigenvalue weighted by Gasteiger charge is 2.46. The molecule has 8 nitrogen and oxygen atoms in total. The molecule has 1 fully saturated rings. The van der Waals surface area contributed by atoms with Gasteiger partial charge in [-0.1, -0.05) is 30.3 Å². The molecule has 2 aromatic carbocycles. The van der Waals surface area contributed by atoms with Gasteiger partial charge in [-0.2, -0.15) is 0 Å². The number of nitrogens with zero attached hydrogens (tertiary/aromatic N) is 2. The summed E-state index contributed by atoms with van der Waals surface area (Å²) in [6.07, 6.45) is 0.659. The van der Waals surface area contributed by atoms with Gasteiger partial charge in [-0.3, -0.25) is 9.59 Å². The van der Waals surface area contributed by atoms with Crippen LogP contribution in [0.25, 0.3) is 5.76 Å². The van der Waals surface area contributed by atoms with Gasteiger partial charge in [-0.25, -0.2) is 0 Å². The Labute approximate surface area is 194 Å². The smallest absolute Gasteiger partial charge is 0.295 e. The zero-order valence-corrected chi connectivity index (χ0v) is 19.6. The second kappa shape index (κ2) is 10.4. The molecule has 1 N–H and O–H groups in total. The quantitative estimate of drug-likeness (QED) is 0.354. The first kappa shape index (κ1) is 24.1. The molecule has 1 amide bonds. The molecular weight excluding hydrogens is 424 g/mol. The SMILES string of the molecule is COc1cc([C@@H]2C(=C(O)c3ccccc3)C(=O)C(=O)N2CCCN(C)C)cc(OC)c1OC. The second-order valence-corrected chi connectivity index (χ2v) is 7.97. The number of ketones is 1. The molecule has 0 radical (unpaired) electrons. The summed E-state index contributed by atoms with van der Waals surface area (Å²) in [6.45, 7) is 1.08. The predicted molar refractivity (Wildman–Crippen MR) is 125 cm³/mol. The predicted octanol–water partition coefficient (Wildman–Crippen LogP) is 3.09. The van der Waals surface area contributed by atoms with Gasteiger partial charge in [0.05, 0.1) is 32.9 Å². The molecule has 0 bridgehead atoms. The standard InChI is InChI=1S/C25H30N2O6/c1-26(2)12-9-13-27-21(17-14-18(31-3)24(33-5)19(15-17)32-4)20(23(29)25(27)30)22(28)16-10-7-6-8-11-16/h6-8,10-11,14-15,21,28H,9,12-13H2,1-5H3/t21-/m1/s1. The molecule has 8 heteroatoms. The number of carbonyl (C=O) groups is 2. The van der Waals surface area contributed by atoms with E-state index in [1.54, 1.807) is 36.4 Å². The third kappa shape index (κ3) is 4.80. The average molecular weight is 455 g/mol. The van der Waals surface area contributed by atoms with E-state index in [2.05, 4.69) is 0 Å². The molecular formula is C25H30N2O6. The maximum Gasteiger partial charge on any atom is 0.295 e. The van der Waals surface area contributed by atoms with Gasteiger partial charge in [0.15, 0.2) is 11.5 Å². The van der Waals surface area contributed by atoms with E-state index >= 15 is 0 Å². The Morgan fingerprint density at radius 2 is 1.61 bits per heavy atom. The largest absolute Gasteiger partial charge is 0.507 e. The fourth-order valence-electron chi connectivity index (χ4n) is 4.03. The molecule has 33 heavy (non-hydrogen) atoms. The number of carbonyl (C=O) groups excluding carboxylic acids is 2. The summed E-state index contributed by atoms with van der Waals surface area (Å²) in [5, 5.41) is 11.1. The van der Waals surface area contributed by atoms with Crippen molar-refractivity contribution >= 4 is 17.4 Å². The molecule has 3 rings (SSSR count). The van der Waals surface area contributed by atoms with Crippen molar-refractivity contribution in [1.29, 1.82) is 0 Å². The van der Waals surface area contributed by atoms with Crippen molar-refractivity contribution < 1.29 is 28.9 Å². The molecule has 0 aromatic heterocycles. The van der Waals surface area contributed by atoms with Crippen LogP contribution in [0.15, 0.2) is 48.0 Å². The highest BCUT2D eigenvalue weighted by molar-refractivity contribution is 6.46. The van der Waals surface area contributed by atoms with Crippen LogP contribution in [-0.4, -0.2) is 75.1 Å². The van der Waals surface area contributed by atoms with E-state index < -0.39 is 17.7 Å². The van der Waals surface area contributed by atoms with Crippen molar-refractivity contribution in [3.8, 4) is 17.2 Å². The van der Waals surface area contributed by atoms with E-state index in [9.17, 15) is 14.7 Å². The van der Waals surface area contributed by atoms with E-state index in [1.165, 1.54) is 26.2 Å². The number of Topliss-reactive ketones (excluding diaryl/α,β-unsaturated/α-hetero) is 1. The van der Waals surface area contributed by atoms with Crippen LogP contribution < -0.4 is 14.2 Å². The third-order valence-electron chi connectivity index (χ3n) is 5.59. The first-order valence-electron chi connectivity index (χ1n) is 10.6. The van der Waals surface area contributed by atoms with Gasteiger partial charge in [-0.05, 0) is 44.8 Å². The number of aliphatic hydroxyl groups excluding tert-OH is 1. The maximum atomic E-state index is 13.1. The van der Waals surface area contributed by atoms with Crippen molar-refractivity contribution in [2.45, 2.75) is 12.5 Å². The van der Waals surface area contributed by atoms with Crippen LogP contribution in [0.4, 0.5) is 0 Å². The van der Waals surface area contributed by atoms with E-state index in [-0.39, 0.29) is 11.3 Å². The summed E-state index contributed by atoms with van der Waals surface area (Å²) in [6, 6.07) is 11.3. The maximum absolute atomic E-state index is 13.1. The lowest BCUT2D eigenvalue weighted by Gasteiger charge is -2.27. The van der Waals surface area contributed by atoms with E-state index in [0.29, 0.717) is 41.3 Å². The van der Waals surface area contributed by atoms with Crippen LogP contribution >= 0.6 is 0 Å². The van der Waals surface area contributed by atoms with E-state index in [4.69, 9.17) is 14.2 Å². The van der Waals surface area contributed by atoms with Crippen molar-refractivity contribution in [3.63, 3.8) is 0 Å². The Balaban J connectivity index is 2.20. The zero-order valence-electron chi connectivity index (χ0n) is 19.6. The van der Waals surface area contributed by atoms with Crippen LogP contribution in [0.1, 0.15) is 23.6 Å². The van der Waals surface area contributed by atoms with E-state index in [1.807, 2.05) is 25.1 Å². The van der Waals surface area contributed by atoms with Crippen LogP contribution in [0.2, 0.25) is 0 Å². The number of aliphatic hydroxyl groups is 1. The van der Waals surface area contributed by atoms with Crippen LogP contribution in [0.5, 0.6) is 17.2 Å². The van der Waals surface area contributed by atoms with Crippen LogP contribution in [0.3, 0.4) is 0 Å². The summed E-state index contributed by atoms with van der Waals surface area (Å²) < 4.78 is 16.4. The Morgan fingerprint density at radius 3 is 2.12 bits per heavy atom. The van der Waals surface area contributed by atoms with Gasteiger partial charge in [0.1, 0.15) is 5.76 Å². The van der Waals surface area contributed by atoms with Crippen molar-refractivity contribution in [2.24, 2.45) is 0 Å². The lowest BCUT2D eigenvalue weighted by Crippen LogP contribution is -2.32. The number of hydrogen-bond acceptors (Lipinski definition) is 7. The number of amides is 1. The zero-order chi connectivity index (χ0) is 24.1. The Kier molecular flexibility index (Phi) is 7.60. The minimum atomic E-state index is -0.805. The summed E-state index contributed by atoms with van der Waals surface area (Å²) in [5.41, 5.74) is 1.07. The number of ether oxygens (including phenoxy) is 3. The number of benzene rings is 2. The molecule has 0 unspecified atom stereocenters. The van der Waals surface area contributed by atoms with Crippen molar-refractivity contribution in [2.75, 3.05) is 48.5 Å². The topological polar surface area (TPSA) is 88.5 Å². The van der Waals surface area contributed by atoms with Crippen LogP contribution in [0, 0.1) is 0 Å². The first-order chi connectivity index (χ1) is 15.8. The normalized spacial score (nSPS) is 17.5. The highest BCUT2D eigenvalue weighted by Crippen LogP contribution is 2.45. The number of hydrogen-bond donors (Lipinski definition) is 1.